The zero-order valence-corrected chi connectivity index (χ0v) is 51.4. The van der Waals surface area contributed by atoms with E-state index in [9.17, 15) is 28.8 Å². The molecule has 22 nitrogen and oxygen atoms in total. The zero-order chi connectivity index (χ0) is 62.0. The standard InChI is InChI=1S/C61H84N6O13.CH4O3S/c1-43(2)32-53(55(70)37-50(34-47-16-12-9-13-17-47)60(73)63-54(33-44(3)4)58(71)61(6)42-79-61)62-59(72)49(20-18-46-14-10-8-11-15-46)36-52(69)40-67(22-24-74-25-23-67)39-48-19-21-56(80-45(5)68)57(35-48)78-31-30-76-27-26-75-28-29-77-41-51-38-66(7)65-64-51;1-5(2,3)4/h8-17,19,21,35,38,43-44,49-50,53-54H,18,20,22-34,36-37,39-42H2,1-7H3,(H-,62,63,72,73);1H3,(H,2,3,4)/t49-,50-,53+,54+,61-;/m1./s1. The maximum Gasteiger partial charge on any atom is 0.308 e. The van der Waals surface area contributed by atoms with Gasteiger partial charge in [0, 0.05) is 50.5 Å². The number of benzene rings is 3. The van der Waals surface area contributed by atoms with Crippen LogP contribution in [0.3, 0.4) is 0 Å². The summed E-state index contributed by atoms with van der Waals surface area (Å²) in [5.41, 5.74) is 2.52. The van der Waals surface area contributed by atoms with Crippen molar-refractivity contribution in [2.45, 2.75) is 117 Å². The SMILES string of the molecule is CC(=O)Oc1ccc(C[N+]2(CC(=O)C[C@@H](CCc3ccccc3)C(=O)N[C@@H](CC(C)C)C(=O)C[C@@H](Cc3ccccc3)C(=O)N[C@@H](CC(C)C)C(=O)[C@@]3(C)CO3)CCOCC2)cc1OCCOCCOCCOCc1cn(C)nn1.CS(=O)(=O)[O-]. The van der Waals surface area contributed by atoms with Crippen molar-refractivity contribution >= 4 is 45.3 Å². The van der Waals surface area contributed by atoms with Crippen LogP contribution in [0, 0.1) is 23.7 Å². The van der Waals surface area contributed by atoms with Crippen LogP contribution in [0.1, 0.15) is 96.0 Å². The van der Waals surface area contributed by atoms with Gasteiger partial charge < -0.3 is 52.8 Å². The minimum atomic E-state index is -3.92. The van der Waals surface area contributed by atoms with E-state index in [0.717, 1.165) is 22.4 Å². The van der Waals surface area contributed by atoms with Gasteiger partial charge in [-0.05, 0) is 80.2 Å². The van der Waals surface area contributed by atoms with Crippen molar-refractivity contribution in [2.24, 2.45) is 30.7 Å². The highest BCUT2D eigenvalue weighted by atomic mass is 32.2. The average molecular weight is 1210 g/mol. The van der Waals surface area contributed by atoms with Crippen molar-refractivity contribution in [1.82, 2.24) is 25.6 Å². The molecule has 0 bridgehead atoms. The number of hydrogen-bond acceptors (Lipinski definition) is 18. The molecule has 2 aliphatic rings. The van der Waals surface area contributed by atoms with E-state index >= 15 is 0 Å². The molecular formula is C62H88N6O16S. The second kappa shape index (κ2) is 34.7. The molecule has 5 atom stereocenters. The summed E-state index contributed by atoms with van der Waals surface area (Å²) in [6.45, 7) is 16.0. The average Bonchev–Trinajstić information content (AvgIpc) is 2.39. The Kier molecular flexibility index (Phi) is 28.4. The number of morpholine rings is 1. The number of nitrogens with zero attached hydrogens (tertiary/aromatic N) is 4. The van der Waals surface area contributed by atoms with Gasteiger partial charge in [0.2, 0.25) is 11.8 Å². The fourth-order valence-electron chi connectivity index (χ4n) is 9.99. The Morgan fingerprint density at radius 3 is 1.89 bits per heavy atom. The number of quaternary nitrogens is 1. The number of Topliss-reactive ketones (excluding diaryl/α,β-unsaturated/α-hetero) is 3. The predicted octanol–water partition coefficient (Wildman–Crippen LogP) is 5.32. The molecule has 23 heteroatoms. The number of amides is 2. The maximum atomic E-state index is 14.7. The Balaban J connectivity index is 0.00000253. The number of ketones is 3. The minimum absolute atomic E-state index is 0.000316. The van der Waals surface area contributed by atoms with Gasteiger partial charge in [-0.1, -0.05) is 93.6 Å². The van der Waals surface area contributed by atoms with E-state index < -0.39 is 57.4 Å². The lowest BCUT2D eigenvalue weighted by molar-refractivity contribution is -0.940. The number of esters is 1. The van der Waals surface area contributed by atoms with Gasteiger partial charge in [-0.25, -0.2) is 8.42 Å². The van der Waals surface area contributed by atoms with Gasteiger partial charge in [0.05, 0.1) is 87.9 Å². The number of hydrogen-bond donors (Lipinski definition) is 2. The molecule has 0 spiro atoms. The van der Waals surface area contributed by atoms with E-state index in [-0.39, 0.29) is 74.0 Å². The Morgan fingerprint density at radius 1 is 0.753 bits per heavy atom. The van der Waals surface area contributed by atoms with E-state index in [1.807, 2.05) is 100 Å². The quantitative estimate of drug-likeness (QED) is 0.0144. The number of aromatic nitrogens is 3. The molecule has 0 unspecified atom stereocenters. The first-order valence-electron chi connectivity index (χ1n) is 29.2. The lowest BCUT2D eigenvalue weighted by atomic mass is 9.87. The van der Waals surface area contributed by atoms with Crippen LogP contribution in [0.5, 0.6) is 11.5 Å². The van der Waals surface area contributed by atoms with Crippen molar-refractivity contribution in [3.63, 3.8) is 0 Å². The van der Waals surface area contributed by atoms with Gasteiger partial charge in [0.1, 0.15) is 44.1 Å². The summed E-state index contributed by atoms with van der Waals surface area (Å²) in [5.74, 6) is -2.79. The molecule has 4 aromatic rings. The summed E-state index contributed by atoms with van der Waals surface area (Å²) >= 11 is 0. The molecule has 0 radical (unpaired) electrons. The first-order chi connectivity index (χ1) is 40.4. The highest BCUT2D eigenvalue weighted by Crippen LogP contribution is 2.32. The van der Waals surface area contributed by atoms with Crippen LogP contribution in [0.2, 0.25) is 0 Å². The van der Waals surface area contributed by atoms with E-state index in [2.05, 4.69) is 20.9 Å². The molecule has 0 saturated carbocycles. The molecule has 2 amide bonds. The zero-order valence-electron chi connectivity index (χ0n) is 50.6. The molecular weight excluding hydrogens is 1120 g/mol. The largest absolute Gasteiger partial charge is 0.748 e. The van der Waals surface area contributed by atoms with Gasteiger partial charge in [0.25, 0.3) is 0 Å². The lowest BCUT2D eigenvalue weighted by Gasteiger charge is -2.41. The van der Waals surface area contributed by atoms with Crippen molar-refractivity contribution in [2.75, 3.05) is 85.4 Å². The van der Waals surface area contributed by atoms with E-state index in [4.69, 9.17) is 46.1 Å². The van der Waals surface area contributed by atoms with E-state index in [0.29, 0.717) is 115 Å². The summed E-state index contributed by atoms with van der Waals surface area (Å²) in [6.07, 6.45) is 4.03. The van der Waals surface area contributed by atoms with Crippen molar-refractivity contribution in [3.8, 4) is 11.5 Å². The number of ether oxygens (including phenoxy) is 7. The van der Waals surface area contributed by atoms with E-state index in [1.165, 1.54) is 6.92 Å². The highest BCUT2D eigenvalue weighted by Gasteiger charge is 2.50. The Bertz CT molecular complexity index is 2850. The summed E-state index contributed by atoms with van der Waals surface area (Å²) < 4.78 is 69.1. The monoisotopic (exact) mass is 1200 g/mol. The molecule has 2 saturated heterocycles. The molecule has 2 aliphatic heterocycles. The lowest BCUT2D eigenvalue weighted by Crippen LogP contribution is -2.57. The van der Waals surface area contributed by atoms with Gasteiger partial charge >= 0.3 is 5.97 Å². The third-order valence-corrected chi connectivity index (χ3v) is 14.3. The van der Waals surface area contributed by atoms with Crippen LogP contribution in [-0.4, -0.2) is 171 Å². The molecule has 3 aromatic carbocycles. The molecule has 2 fully saturated rings. The van der Waals surface area contributed by atoms with Gasteiger partial charge in [-0.2, -0.15) is 0 Å². The number of epoxide rings is 1. The minimum Gasteiger partial charge on any atom is -0.748 e. The molecule has 85 heavy (non-hydrogen) atoms. The fourth-order valence-corrected chi connectivity index (χ4v) is 9.99. The summed E-state index contributed by atoms with van der Waals surface area (Å²) in [6, 6.07) is 22.9. The summed E-state index contributed by atoms with van der Waals surface area (Å²) in [4.78, 5) is 84.1. The number of carbonyl (C=O) groups is 6. The van der Waals surface area contributed by atoms with Gasteiger partial charge in [0.15, 0.2) is 28.8 Å². The normalized spacial score (nSPS) is 16.9. The molecule has 3 heterocycles. The maximum absolute atomic E-state index is 14.7. The topological polar surface area (TPSA) is 282 Å². The molecule has 1 aromatic heterocycles. The van der Waals surface area contributed by atoms with Crippen molar-refractivity contribution in [3.05, 3.63) is 107 Å². The molecule has 0 aliphatic carbocycles. The van der Waals surface area contributed by atoms with Crippen LogP contribution in [0.25, 0.3) is 0 Å². The third-order valence-electron chi connectivity index (χ3n) is 14.3. The van der Waals surface area contributed by atoms with Gasteiger partial charge in [-0.3, -0.25) is 33.4 Å². The van der Waals surface area contributed by atoms with Crippen LogP contribution in [0.15, 0.2) is 85.1 Å². The summed E-state index contributed by atoms with van der Waals surface area (Å²) in [5, 5.41) is 14.0. The molecule has 468 valence electrons. The predicted molar refractivity (Wildman–Crippen MR) is 314 cm³/mol. The molecule has 2 N–H and O–H groups in total. The Hall–Kier alpha value is -6.31. The number of rotatable bonds is 37. The summed E-state index contributed by atoms with van der Waals surface area (Å²) in [7, 11) is -2.12. The van der Waals surface area contributed by atoms with Crippen LogP contribution in [0.4, 0.5) is 0 Å². The first-order valence-corrected chi connectivity index (χ1v) is 31.0. The van der Waals surface area contributed by atoms with Crippen LogP contribution < -0.4 is 20.1 Å². The Morgan fingerprint density at radius 2 is 1.32 bits per heavy atom. The number of nitrogens with one attached hydrogen (secondary N) is 2. The van der Waals surface area contributed by atoms with Crippen LogP contribution >= 0.6 is 0 Å². The third kappa shape index (κ3) is 26.5. The second-order valence-electron chi connectivity index (χ2n) is 23.1. The van der Waals surface area contributed by atoms with Gasteiger partial charge in [-0.15, -0.1) is 5.10 Å². The second-order valence-corrected chi connectivity index (χ2v) is 24.5. The fraction of sp³-hybridized carbons (Fsp3) is 0.581. The van der Waals surface area contributed by atoms with Crippen molar-refractivity contribution in [1.29, 1.82) is 0 Å². The highest BCUT2D eigenvalue weighted by molar-refractivity contribution is 7.84. The van der Waals surface area contributed by atoms with E-state index in [1.54, 1.807) is 30.9 Å². The first kappa shape index (κ1) is 69.5. The number of aryl methyl sites for hydroxylation is 2. The number of carbonyl (C=O) groups excluding carboxylic acids is 6. The smallest absolute Gasteiger partial charge is 0.308 e. The van der Waals surface area contributed by atoms with Crippen molar-refractivity contribution < 1.29 is 79.4 Å². The molecule has 6 rings (SSSR count). The van der Waals surface area contributed by atoms with Crippen LogP contribution in [-0.2, 0) is 95.6 Å². The Labute approximate surface area is 500 Å².